The number of nitrogens with one attached hydrogen (secondary N) is 1. The molecule has 0 radical (unpaired) electrons. The van der Waals surface area contributed by atoms with Gasteiger partial charge in [0.1, 0.15) is 12.1 Å². The second kappa shape index (κ2) is 7.22. The van der Waals surface area contributed by atoms with Crippen molar-refractivity contribution in [2.24, 2.45) is 0 Å². The lowest BCUT2D eigenvalue weighted by Gasteiger charge is -2.17. The molecule has 0 saturated heterocycles. The maximum Gasteiger partial charge on any atom is 0.303 e. The van der Waals surface area contributed by atoms with E-state index in [-0.39, 0.29) is 12.5 Å². The Morgan fingerprint density at radius 2 is 2.15 bits per heavy atom. The van der Waals surface area contributed by atoms with E-state index in [0.717, 1.165) is 25.1 Å². The van der Waals surface area contributed by atoms with Crippen molar-refractivity contribution in [2.75, 3.05) is 5.32 Å². The molecule has 0 fully saturated rings. The number of fused-ring (bicyclic) bond motifs is 1. The Kier molecular flexibility index (Phi) is 5.32. The Bertz CT molecular complexity index is 462. The fourth-order valence-electron chi connectivity index (χ4n) is 2.69. The third-order valence-electron chi connectivity index (χ3n) is 3.79. The molecule has 1 aromatic heterocycles. The van der Waals surface area contributed by atoms with Gasteiger partial charge in [-0.25, -0.2) is 9.97 Å². The van der Waals surface area contributed by atoms with Crippen molar-refractivity contribution in [1.82, 2.24) is 9.97 Å². The SMILES string of the molecule is CC(CCCC(=O)O)Nc1ncnc2c1CCCCC2. The van der Waals surface area contributed by atoms with Gasteiger partial charge in [-0.15, -0.1) is 0 Å². The van der Waals surface area contributed by atoms with Gasteiger partial charge in [-0.3, -0.25) is 4.79 Å². The van der Waals surface area contributed by atoms with Crippen molar-refractivity contribution in [1.29, 1.82) is 0 Å². The highest BCUT2D eigenvalue weighted by atomic mass is 16.4. The first kappa shape index (κ1) is 14.8. The predicted octanol–water partition coefficient (Wildman–Crippen LogP) is 2.80. The number of rotatable bonds is 6. The molecule has 1 aliphatic rings. The second-order valence-electron chi connectivity index (χ2n) is 5.54. The molecule has 110 valence electrons. The van der Waals surface area contributed by atoms with E-state index in [2.05, 4.69) is 22.2 Å². The van der Waals surface area contributed by atoms with Gasteiger partial charge in [0, 0.05) is 23.7 Å². The Morgan fingerprint density at radius 1 is 1.35 bits per heavy atom. The van der Waals surface area contributed by atoms with Crippen LogP contribution in [-0.4, -0.2) is 27.1 Å². The van der Waals surface area contributed by atoms with E-state index in [4.69, 9.17) is 5.11 Å². The topological polar surface area (TPSA) is 75.1 Å². The molecule has 1 heterocycles. The largest absolute Gasteiger partial charge is 0.481 e. The zero-order chi connectivity index (χ0) is 14.4. The van der Waals surface area contributed by atoms with Gasteiger partial charge in [-0.05, 0) is 45.4 Å². The summed E-state index contributed by atoms with van der Waals surface area (Å²) >= 11 is 0. The number of aryl methyl sites for hydroxylation is 1. The fourth-order valence-corrected chi connectivity index (χ4v) is 2.69. The van der Waals surface area contributed by atoms with Crippen molar-refractivity contribution in [3.63, 3.8) is 0 Å². The average Bonchev–Trinajstić information content (AvgIpc) is 2.64. The first-order valence-corrected chi connectivity index (χ1v) is 7.48. The summed E-state index contributed by atoms with van der Waals surface area (Å²) in [6, 6.07) is 0.233. The number of aromatic nitrogens is 2. The minimum atomic E-state index is -0.729. The summed E-state index contributed by atoms with van der Waals surface area (Å²) in [5.41, 5.74) is 2.44. The van der Waals surface area contributed by atoms with Crippen molar-refractivity contribution < 1.29 is 9.90 Å². The monoisotopic (exact) mass is 277 g/mol. The van der Waals surface area contributed by atoms with Crippen LogP contribution in [0.3, 0.4) is 0 Å². The van der Waals surface area contributed by atoms with Gasteiger partial charge in [0.2, 0.25) is 0 Å². The number of nitrogens with zero attached hydrogens (tertiary/aromatic N) is 2. The minimum absolute atomic E-state index is 0.230. The number of hydrogen-bond acceptors (Lipinski definition) is 4. The standard InChI is InChI=1S/C15H23N3O2/c1-11(6-5-9-14(19)20)18-15-12-7-3-2-4-8-13(12)16-10-17-15/h10-11H,2-9H2,1H3,(H,19,20)(H,16,17,18). The van der Waals surface area contributed by atoms with Crippen LogP contribution in [0.1, 0.15) is 56.7 Å². The van der Waals surface area contributed by atoms with E-state index in [0.29, 0.717) is 6.42 Å². The molecule has 0 aromatic carbocycles. The molecule has 0 aliphatic heterocycles. The molecule has 20 heavy (non-hydrogen) atoms. The van der Waals surface area contributed by atoms with Gasteiger partial charge in [-0.2, -0.15) is 0 Å². The van der Waals surface area contributed by atoms with E-state index in [1.807, 2.05) is 0 Å². The van der Waals surface area contributed by atoms with Crippen LogP contribution in [0.5, 0.6) is 0 Å². The summed E-state index contributed by atoms with van der Waals surface area (Å²) in [5.74, 6) is 0.216. The van der Waals surface area contributed by atoms with Gasteiger partial charge in [-0.1, -0.05) is 6.42 Å². The molecule has 1 aliphatic carbocycles. The number of carbonyl (C=O) groups is 1. The zero-order valence-electron chi connectivity index (χ0n) is 12.1. The van der Waals surface area contributed by atoms with Crippen LogP contribution >= 0.6 is 0 Å². The van der Waals surface area contributed by atoms with Gasteiger partial charge in [0.25, 0.3) is 0 Å². The number of carboxylic acids is 1. The maximum absolute atomic E-state index is 10.5. The van der Waals surface area contributed by atoms with Gasteiger partial charge >= 0.3 is 5.97 Å². The summed E-state index contributed by atoms with van der Waals surface area (Å²) in [4.78, 5) is 19.3. The van der Waals surface area contributed by atoms with Crippen LogP contribution in [0.25, 0.3) is 0 Å². The molecule has 0 amide bonds. The highest BCUT2D eigenvalue weighted by molar-refractivity contribution is 5.66. The molecular weight excluding hydrogens is 254 g/mol. The van der Waals surface area contributed by atoms with E-state index in [9.17, 15) is 4.79 Å². The maximum atomic E-state index is 10.5. The average molecular weight is 277 g/mol. The van der Waals surface area contributed by atoms with Crippen LogP contribution in [-0.2, 0) is 17.6 Å². The fraction of sp³-hybridized carbons (Fsp3) is 0.667. The summed E-state index contributed by atoms with van der Waals surface area (Å²) in [7, 11) is 0. The van der Waals surface area contributed by atoms with Gasteiger partial charge in [0.05, 0.1) is 0 Å². The Morgan fingerprint density at radius 3 is 2.95 bits per heavy atom. The molecule has 1 atom stereocenters. The normalized spacial score (nSPS) is 16.1. The summed E-state index contributed by atoms with van der Waals surface area (Å²) in [6.07, 6.45) is 9.14. The highest BCUT2D eigenvalue weighted by Gasteiger charge is 2.15. The highest BCUT2D eigenvalue weighted by Crippen LogP contribution is 2.24. The first-order valence-electron chi connectivity index (χ1n) is 7.48. The molecular formula is C15H23N3O2. The van der Waals surface area contributed by atoms with E-state index >= 15 is 0 Å². The van der Waals surface area contributed by atoms with E-state index < -0.39 is 5.97 Å². The number of aliphatic carboxylic acids is 1. The molecule has 0 saturated carbocycles. The third-order valence-corrected chi connectivity index (χ3v) is 3.79. The second-order valence-corrected chi connectivity index (χ2v) is 5.54. The molecule has 0 bridgehead atoms. The van der Waals surface area contributed by atoms with Crippen molar-refractivity contribution >= 4 is 11.8 Å². The summed E-state index contributed by atoms with van der Waals surface area (Å²) < 4.78 is 0. The lowest BCUT2D eigenvalue weighted by molar-refractivity contribution is -0.137. The van der Waals surface area contributed by atoms with Crippen LogP contribution in [0.15, 0.2) is 6.33 Å². The Hall–Kier alpha value is -1.65. The quantitative estimate of drug-likeness (QED) is 0.782. The van der Waals surface area contributed by atoms with E-state index in [1.54, 1.807) is 6.33 Å². The van der Waals surface area contributed by atoms with Crippen LogP contribution in [0, 0.1) is 0 Å². The number of anilines is 1. The Labute approximate surface area is 119 Å². The van der Waals surface area contributed by atoms with Crippen molar-refractivity contribution in [2.45, 2.75) is 64.3 Å². The van der Waals surface area contributed by atoms with Crippen LogP contribution < -0.4 is 5.32 Å². The first-order chi connectivity index (χ1) is 9.66. The van der Waals surface area contributed by atoms with Crippen molar-refractivity contribution in [3.05, 3.63) is 17.6 Å². The number of hydrogen-bond donors (Lipinski definition) is 2. The molecule has 2 rings (SSSR count). The minimum Gasteiger partial charge on any atom is -0.481 e. The molecule has 2 N–H and O–H groups in total. The predicted molar refractivity (Wildman–Crippen MR) is 77.9 cm³/mol. The molecule has 1 aromatic rings. The molecule has 5 heteroatoms. The molecule has 0 spiro atoms. The lowest BCUT2D eigenvalue weighted by Crippen LogP contribution is -2.18. The van der Waals surface area contributed by atoms with Gasteiger partial charge in [0.15, 0.2) is 0 Å². The smallest absolute Gasteiger partial charge is 0.303 e. The van der Waals surface area contributed by atoms with Crippen LogP contribution in [0.4, 0.5) is 5.82 Å². The van der Waals surface area contributed by atoms with Gasteiger partial charge < -0.3 is 10.4 Å². The Balaban J connectivity index is 1.96. The zero-order valence-corrected chi connectivity index (χ0v) is 12.1. The number of carboxylic acid groups (broad SMARTS) is 1. The molecule has 1 unspecified atom stereocenters. The summed E-state index contributed by atoms with van der Waals surface area (Å²) in [5, 5.41) is 12.1. The lowest BCUT2D eigenvalue weighted by atomic mass is 10.1. The summed E-state index contributed by atoms with van der Waals surface area (Å²) in [6.45, 7) is 2.08. The van der Waals surface area contributed by atoms with Crippen molar-refractivity contribution in [3.8, 4) is 0 Å². The van der Waals surface area contributed by atoms with E-state index in [1.165, 1.54) is 30.5 Å². The van der Waals surface area contributed by atoms with Crippen LogP contribution in [0.2, 0.25) is 0 Å². The third kappa shape index (κ3) is 4.18. The molecule has 5 nitrogen and oxygen atoms in total.